The fraction of sp³-hybridized carbons (Fsp3) is 0.294. The van der Waals surface area contributed by atoms with Gasteiger partial charge in [0.1, 0.15) is 11.9 Å². The smallest absolute Gasteiger partial charge is 0.359 e. The predicted octanol–water partition coefficient (Wildman–Crippen LogP) is -0.237. The summed E-state index contributed by atoms with van der Waals surface area (Å²) in [6.07, 6.45) is 4.33. The van der Waals surface area contributed by atoms with Gasteiger partial charge in [0, 0.05) is 18.8 Å². The molecule has 0 fully saturated rings. The van der Waals surface area contributed by atoms with Gasteiger partial charge in [0.2, 0.25) is 0 Å². The van der Waals surface area contributed by atoms with E-state index in [-0.39, 0.29) is 0 Å². The van der Waals surface area contributed by atoms with Crippen LogP contribution in [0.25, 0.3) is 11.3 Å². The highest BCUT2D eigenvalue weighted by Gasteiger charge is 2.36. The molecular weight excluding hydrogens is 401 g/mol. The minimum Gasteiger partial charge on any atom is -0.359 e. The Balaban J connectivity index is 1.51. The molecule has 0 bridgehead atoms. The van der Waals surface area contributed by atoms with Gasteiger partial charge in [-0.2, -0.15) is 18.3 Å². The number of fused-ring (bicyclic) bond motifs is 1. The molecule has 1 unspecified atom stereocenters. The molecule has 1 aliphatic rings. The molecule has 3 aromatic heterocycles. The summed E-state index contributed by atoms with van der Waals surface area (Å²) in [5.74, 6) is 5.99. The Morgan fingerprint density at radius 3 is 2.97 bits per heavy atom. The van der Waals surface area contributed by atoms with Gasteiger partial charge >= 0.3 is 12.4 Å². The number of aliphatic imine (C=N–C) groups is 1. The summed E-state index contributed by atoms with van der Waals surface area (Å²) in [6, 6.07) is 3.60. The monoisotopic (exact) mass is 419 g/mol. The van der Waals surface area contributed by atoms with Crippen molar-refractivity contribution < 1.29 is 18.3 Å². The molecule has 0 saturated carbocycles. The first-order chi connectivity index (χ1) is 14.3. The molecular formula is C17H18F3N10+. The van der Waals surface area contributed by atoms with Crippen molar-refractivity contribution in [2.75, 3.05) is 0 Å². The van der Waals surface area contributed by atoms with Crippen LogP contribution in [-0.2, 0) is 13.1 Å². The van der Waals surface area contributed by atoms with E-state index in [9.17, 15) is 13.2 Å². The molecule has 10 nitrogen and oxygen atoms in total. The molecule has 3 aromatic rings. The van der Waals surface area contributed by atoms with Crippen LogP contribution in [0.5, 0.6) is 0 Å². The Bertz CT molecular complexity index is 1110. The van der Waals surface area contributed by atoms with Crippen LogP contribution in [0.4, 0.5) is 13.2 Å². The molecule has 4 rings (SSSR count). The second-order valence-electron chi connectivity index (χ2n) is 6.79. The highest BCUT2D eigenvalue weighted by atomic mass is 19.4. The van der Waals surface area contributed by atoms with E-state index in [1.54, 1.807) is 29.9 Å². The molecule has 0 saturated heterocycles. The number of aromatic nitrogens is 5. The summed E-state index contributed by atoms with van der Waals surface area (Å²) < 4.78 is 40.2. The maximum Gasteiger partial charge on any atom is 0.412 e. The number of nitrogens with two attached hydrogens (primary N) is 1. The Hall–Kier alpha value is -3.63. The number of alkyl halides is 3. The lowest BCUT2D eigenvalue weighted by Gasteiger charge is -2.36. The number of rotatable bonds is 5. The normalized spacial score (nSPS) is 19.1. The lowest BCUT2D eigenvalue weighted by atomic mass is 10.1. The fourth-order valence-electron chi connectivity index (χ4n) is 3.00. The van der Waals surface area contributed by atoms with Gasteiger partial charge < -0.3 is 10.7 Å². The van der Waals surface area contributed by atoms with Gasteiger partial charge in [0.25, 0.3) is 0 Å². The van der Waals surface area contributed by atoms with Crippen molar-refractivity contribution in [3.05, 3.63) is 54.4 Å². The van der Waals surface area contributed by atoms with Crippen LogP contribution < -0.4 is 27.0 Å². The molecule has 1 aliphatic heterocycles. The Kier molecular flexibility index (Phi) is 4.80. The van der Waals surface area contributed by atoms with Crippen molar-refractivity contribution in [2.24, 2.45) is 10.8 Å². The van der Waals surface area contributed by atoms with Crippen molar-refractivity contribution >= 4 is 17.2 Å². The first-order valence-electron chi connectivity index (χ1n) is 8.85. The zero-order valence-electron chi connectivity index (χ0n) is 15.8. The molecule has 0 radical (unpaired) electrons. The Morgan fingerprint density at radius 1 is 1.37 bits per heavy atom. The van der Waals surface area contributed by atoms with E-state index in [2.05, 4.69) is 42.4 Å². The molecule has 156 valence electrons. The van der Waals surface area contributed by atoms with Gasteiger partial charge in [-0.3, -0.25) is 5.32 Å². The van der Waals surface area contributed by atoms with Gasteiger partial charge in [-0.05, 0) is 17.7 Å². The topological polar surface area (TPSA) is 124 Å². The Labute approximate surface area is 168 Å². The standard InChI is InChI=1S/C17H18F3N10/c1-16(23-7-12-3-5-30-14(26-12)2-4-24-30)15(28-21)22-8-13(27-16)11-6-25-29(9-11)10-17(18,19)20/h2-5,8-9,23,27H,7,10,21H2,1H3,(H,22,28)/q+1. The fourth-order valence-corrected chi connectivity index (χ4v) is 3.00. The van der Waals surface area contributed by atoms with E-state index in [1.165, 1.54) is 12.4 Å². The summed E-state index contributed by atoms with van der Waals surface area (Å²) in [5, 5.41) is 14.2. The summed E-state index contributed by atoms with van der Waals surface area (Å²) >= 11 is 0. The van der Waals surface area contributed by atoms with Crippen LogP contribution in [0.15, 0.2) is 41.9 Å². The molecule has 1 atom stereocenters. The summed E-state index contributed by atoms with van der Waals surface area (Å²) in [7, 11) is 0. The lowest BCUT2D eigenvalue weighted by Crippen LogP contribution is -2.65. The van der Waals surface area contributed by atoms with Crippen LogP contribution >= 0.6 is 0 Å². The second kappa shape index (κ2) is 7.32. The van der Waals surface area contributed by atoms with Crippen molar-refractivity contribution in [3.63, 3.8) is 0 Å². The first-order valence-corrected chi connectivity index (χ1v) is 8.85. The third kappa shape index (κ3) is 4.04. The molecule has 4 heterocycles. The largest absolute Gasteiger partial charge is 0.412 e. The number of nitrogens with zero attached hydrogens (tertiary/aromatic N) is 6. The van der Waals surface area contributed by atoms with Crippen molar-refractivity contribution in [2.45, 2.75) is 31.9 Å². The number of hydrazine groups is 1. The number of halogens is 3. The van der Waals surface area contributed by atoms with E-state index in [0.29, 0.717) is 29.3 Å². The number of hydrogen-bond acceptors (Lipinski definition) is 7. The highest BCUT2D eigenvalue weighted by Crippen LogP contribution is 2.20. The van der Waals surface area contributed by atoms with Gasteiger partial charge in [0.05, 0.1) is 28.9 Å². The summed E-state index contributed by atoms with van der Waals surface area (Å²) in [5.41, 5.74) is 3.82. The van der Waals surface area contributed by atoms with Gasteiger partial charge in [-0.15, -0.1) is 0 Å². The highest BCUT2D eigenvalue weighted by molar-refractivity contribution is 5.94. The second-order valence-corrected chi connectivity index (χ2v) is 6.79. The SMILES string of the molecule is CC1(NCc2ccn3nccc3n2)NC(c2c#[n+]n(CC(F)(F)F)c2)=CN=C1NN. The molecule has 0 aliphatic carbocycles. The number of amidine groups is 1. The van der Waals surface area contributed by atoms with Crippen molar-refractivity contribution in [1.82, 2.24) is 35.3 Å². The van der Waals surface area contributed by atoms with Crippen LogP contribution in [0, 0.1) is 6.20 Å². The van der Waals surface area contributed by atoms with Crippen LogP contribution in [0.2, 0.25) is 0 Å². The maximum absolute atomic E-state index is 12.6. The number of hydrogen-bond donors (Lipinski definition) is 4. The summed E-state index contributed by atoms with van der Waals surface area (Å²) in [6.45, 7) is 0.945. The third-order valence-electron chi connectivity index (χ3n) is 4.46. The van der Waals surface area contributed by atoms with E-state index in [1.807, 2.05) is 6.07 Å². The van der Waals surface area contributed by atoms with Gasteiger partial charge in [0.15, 0.2) is 23.6 Å². The van der Waals surface area contributed by atoms with Crippen LogP contribution in [0.1, 0.15) is 18.2 Å². The van der Waals surface area contributed by atoms with Gasteiger partial charge in [-0.1, -0.05) is 0 Å². The minimum absolute atomic E-state index is 0.339. The van der Waals surface area contributed by atoms with E-state index >= 15 is 0 Å². The Morgan fingerprint density at radius 2 is 2.20 bits per heavy atom. The zero-order chi connectivity index (χ0) is 21.4. The predicted molar refractivity (Wildman–Crippen MR) is 99.0 cm³/mol. The van der Waals surface area contributed by atoms with Crippen molar-refractivity contribution in [1.29, 1.82) is 0 Å². The van der Waals surface area contributed by atoms with Crippen LogP contribution in [0.3, 0.4) is 0 Å². The average Bonchev–Trinajstić information content (AvgIpc) is 3.34. The molecule has 5 N–H and O–H groups in total. The maximum atomic E-state index is 12.6. The molecule has 13 heteroatoms. The van der Waals surface area contributed by atoms with E-state index < -0.39 is 18.4 Å². The third-order valence-corrected chi connectivity index (χ3v) is 4.46. The molecule has 30 heavy (non-hydrogen) atoms. The van der Waals surface area contributed by atoms with Gasteiger partial charge in [-0.25, -0.2) is 20.3 Å². The average molecular weight is 419 g/mol. The minimum atomic E-state index is -4.38. The lowest BCUT2D eigenvalue weighted by molar-refractivity contribution is -0.428. The van der Waals surface area contributed by atoms with Crippen molar-refractivity contribution in [3.8, 4) is 0 Å². The van der Waals surface area contributed by atoms with E-state index in [0.717, 1.165) is 10.4 Å². The van der Waals surface area contributed by atoms with E-state index in [4.69, 9.17) is 5.84 Å². The summed E-state index contributed by atoms with van der Waals surface area (Å²) in [4.78, 5) is 8.77. The molecule has 0 amide bonds. The zero-order valence-corrected chi connectivity index (χ0v) is 15.8. The quantitative estimate of drug-likeness (QED) is 0.333. The van der Waals surface area contributed by atoms with Crippen LogP contribution in [-0.4, -0.2) is 37.0 Å². The molecule has 0 aromatic carbocycles. The first kappa shape index (κ1) is 19.7. The number of nitrogens with one attached hydrogen (secondary N) is 3. The molecule has 0 spiro atoms.